The number of hydrogen-bond acceptors (Lipinski definition) is 10. The summed E-state index contributed by atoms with van der Waals surface area (Å²) < 4.78 is 0. The zero-order chi connectivity index (χ0) is 30.1. The number of primary amides is 1. The molecule has 2 aromatic carbocycles. The summed E-state index contributed by atoms with van der Waals surface area (Å²) in [6, 6.07) is 9.75. The van der Waals surface area contributed by atoms with E-state index in [1.807, 2.05) is 0 Å². The summed E-state index contributed by atoms with van der Waals surface area (Å²) in [4.78, 5) is 53.1. The molecule has 7 N–H and O–H groups in total. The number of aromatic hydroxyl groups is 1. The molecule has 2 aromatic rings. The molecule has 0 radical (unpaired) electrons. The van der Waals surface area contributed by atoms with Gasteiger partial charge in [0.05, 0.1) is 23.6 Å². The number of amides is 1. The molecule has 41 heavy (non-hydrogen) atoms. The molecule has 5 rings (SSSR count). The lowest BCUT2D eigenvalue weighted by molar-refractivity contribution is -0.169. The molecule has 1 fully saturated rings. The van der Waals surface area contributed by atoms with Gasteiger partial charge in [-0.15, -0.1) is 0 Å². The maximum atomic E-state index is 14.2. The van der Waals surface area contributed by atoms with Crippen LogP contribution in [0.15, 0.2) is 59.4 Å². The number of carbonyl (C=O) groups is 4. The number of aliphatic hydroxyl groups is 4. The van der Waals surface area contributed by atoms with Crippen LogP contribution in [-0.2, 0) is 20.8 Å². The normalized spacial score (nSPS) is 29.3. The molecule has 0 aliphatic heterocycles. The van der Waals surface area contributed by atoms with E-state index < -0.39 is 75.6 Å². The van der Waals surface area contributed by atoms with Crippen molar-refractivity contribution in [1.82, 2.24) is 4.90 Å². The van der Waals surface area contributed by atoms with Gasteiger partial charge in [-0.2, -0.15) is 0 Å². The smallest absolute Gasteiger partial charge is 0.255 e. The number of likely N-dealkylation sites (N-methyl/N-ethyl adjacent to an activating group) is 1. The molecule has 1 saturated carbocycles. The Morgan fingerprint density at radius 1 is 1.05 bits per heavy atom. The van der Waals surface area contributed by atoms with E-state index in [4.69, 9.17) is 5.73 Å². The van der Waals surface area contributed by atoms with E-state index in [9.17, 15) is 44.7 Å². The van der Waals surface area contributed by atoms with E-state index in [2.05, 4.69) is 0 Å². The van der Waals surface area contributed by atoms with Crippen LogP contribution in [0.2, 0.25) is 0 Å². The van der Waals surface area contributed by atoms with Crippen molar-refractivity contribution in [2.24, 2.45) is 17.6 Å². The first-order valence-electron chi connectivity index (χ1n) is 13.0. The number of ketones is 3. The number of rotatable bonds is 5. The molecule has 0 aromatic heterocycles. The van der Waals surface area contributed by atoms with Crippen LogP contribution in [0.4, 0.5) is 0 Å². The highest BCUT2D eigenvalue weighted by molar-refractivity contribution is 6.24. The molecule has 3 aliphatic carbocycles. The maximum absolute atomic E-state index is 14.2. The molecular formula is C30H30N2O9. The highest BCUT2D eigenvalue weighted by Crippen LogP contribution is 2.56. The van der Waals surface area contributed by atoms with E-state index in [0.29, 0.717) is 16.7 Å². The number of nitrogens with two attached hydrogens (primary N) is 1. The predicted octanol–water partition coefficient (Wildman–Crippen LogP) is 0.921. The summed E-state index contributed by atoms with van der Waals surface area (Å²) in [6.45, 7) is 1.41. The Bertz CT molecular complexity index is 1590. The number of Topliss-reactive ketones (excluding diaryl/α,β-unsaturated/α-hetero) is 3. The minimum Gasteiger partial charge on any atom is -0.508 e. The van der Waals surface area contributed by atoms with Crippen molar-refractivity contribution in [2.75, 3.05) is 14.1 Å². The Morgan fingerprint density at radius 3 is 2.32 bits per heavy atom. The van der Waals surface area contributed by atoms with Gasteiger partial charge in [-0.05, 0) is 56.6 Å². The van der Waals surface area contributed by atoms with E-state index in [1.54, 1.807) is 36.4 Å². The second kappa shape index (κ2) is 9.65. The van der Waals surface area contributed by atoms with Crippen molar-refractivity contribution in [3.8, 4) is 5.75 Å². The van der Waals surface area contributed by atoms with Crippen LogP contribution in [0.3, 0.4) is 0 Å². The van der Waals surface area contributed by atoms with Gasteiger partial charge in [-0.1, -0.05) is 30.3 Å². The number of phenolic OH excluding ortho intramolecular Hbond substituents is 1. The third-order valence-corrected chi connectivity index (χ3v) is 8.59. The topological polar surface area (TPSA) is 199 Å². The van der Waals surface area contributed by atoms with Crippen LogP contribution in [-0.4, -0.2) is 85.5 Å². The van der Waals surface area contributed by atoms with Gasteiger partial charge in [-0.25, -0.2) is 0 Å². The fourth-order valence-electron chi connectivity index (χ4n) is 6.81. The lowest BCUT2D eigenvalue weighted by Gasteiger charge is -2.54. The molecule has 0 saturated heterocycles. The van der Waals surface area contributed by atoms with E-state index >= 15 is 0 Å². The summed E-state index contributed by atoms with van der Waals surface area (Å²) in [5, 5.41) is 57.0. The Kier molecular flexibility index (Phi) is 6.64. The third-order valence-electron chi connectivity index (χ3n) is 8.59. The van der Waals surface area contributed by atoms with E-state index in [1.165, 1.54) is 32.0 Å². The second-order valence-electron chi connectivity index (χ2n) is 11.1. The Labute approximate surface area is 234 Å². The van der Waals surface area contributed by atoms with Crippen LogP contribution in [0, 0.1) is 11.8 Å². The van der Waals surface area contributed by atoms with Gasteiger partial charge in [0.25, 0.3) is 5.91 Å². The van der Waals surface area contributed by atoms with Crippen molar-refractivity contribution in [3.63, 3.8) is 0 Å². The summed E-state index contributed by atoms with van der Waals surface area (Å²) in [6.07, 6.45) is -1.59. The minimum atomic E-state index is -2.99. The lowest BCUT2D eigenvalue weighted by atomic mass is 9.53. The average molecular weight is 563 g/mol. The lowest BCUT2D eigenvalue weighted by Crippen LogP contribution is -2.70. The molecule has 0 spiro atoms. The zero-order valence-electron chi connectivity index (χ0n) is 22.5. The van der Waals surface area contributed by atoms with Crippen LogP contribution >= 0.6 is 0 Å². The quantitative estimate of drug-likeness (QED) is 0.225. The Balaban J connectivity index is 1.79. The van der Waals surface area contributed by atoms with Crippen LogP contribution in [0.25, 0.3) is 5.76 Å². The average Bonchev–Trinajstić information content (AvgIpc) is 2.90. The third kappa shape index (κ3) is 3.91. The molecule has 0 bridgehead atoms. The fraction of sp³-hybridized carbons (Fsp3) is 0.333. The van der Waals surface area contributed by atoms with Gasteiger partial charge in [0, 0.05) is 17.1 Å². The number of fused-ring (bicyclic) bond motifs is 3. The van der Waals surface area contributed by atoms with Crippen LogP contribution in [0.1, 0.15) is 39.9 Å². The number of aliphatic hydroxyl groups excluding tert-OH is 3. The largest absolute Gasteiger partial charge is 0.508 e. The van der Waals surface area contributed by atoms with Crippen LogP contribution in [0.5, 0.6) is 5.75 Å². The van der Waals surface area contributed by atoms with Gasteiger partial charge in [0.1, 0.15) is 22.8 Å². The first kappa shape index (κ1) is 28.2. The van der Waals surface area contributed by atoms with Crippen molar-refractivity contribution >= 4 is 29.0 Å². The number of hydrogen-bond donors (Lipinski definition) is 6. The maximum Gasteiger partial charge on any atom is 0.255 e. The number of benzene rings is 2. The van der Waals surface area contributed by atoms with E-state index in [-0.39, 0.29) is 23.5 Å². The van der Waals surface area contributed by atoms with Gasteiger partial charge in [0.15, 0.2) is 17.2 Å². The number of phenols is 1. The Morgan fingerprint density at radius 2 is 1.71 bits per heavy atom. The molecule has 6 atom stereocenters. The zero-order valence-corrected chi connectivity index (χ0v) is 22.5. The molecule has 214 valence electrons. The molecule has 3 aliphatic rings. The van der Waals surface area contributed by atoms with Gasteiger partial charge >= 0.3 is 0 Å². The Hall–Kier alpha value is -4.32. The summed E-state index contributed by atoms with van der Waals surface area (Å²) >= 11 is 0. The van der Waals surface area contributed by atoms with Gasteiger partial charge in [0.2, 0.25) is 5.78 Å². The molecule has 11 nitrogen and oxygen atoms in total. The van der Waals surface area contributed by atoms with Crippen molar-refractivity contribution in [3.05, 3.63) is 81.6 Å². The van der Waals surface area contributed by atoms with Crippen molar-refractivity contribution < 1.29 is 44.7 Å². The highest BCUT2D eigenvalue weighted by atomic mass is 16.4. The summed E-state index contributed by atoms with van der Waals surface area (Å²) in [5.74, 6) is -9.80. The summed E-state index contributed by atoms with van der Waals surface area (Å²) in [7, 11) is 2.89. The molecule has 0 heterocycles. The standard InChI is InChI=1S/C30H30N2O9/c1-12(33)14-7-4-6-13(10-14)11-16-15-8-5-9-17(34)18(15)24(35)20-19(16)25(36)22-23(32(2)3)26(37)21(29(31)40)28(39)30(22,41)27(20)38/h4-10,16,19,22-23,25,34-36,39,41H,11H2,1-3H3,(H2,31,40). The first-order chi connectivity index (χ1) is 19.2. The second-order valence-corrected chi connectivity index (χ2v) is 11.1. The van der Waals surface area contributed by atoms with Crippen molar-refractivity contribution in [1.29, 1.82) is 0 Å². The van der Waals surface area contributed by atoms with Crippen LogP contribution < -0.4 is 5.73 Å². The SMILES string of the molecule is CC(=O)c1cccc(CC2c3cccc(O)c3C(O)=C3C(=O)C4(O)C(O)=C(C(N)=O)C(=O)C(N(C)C)C4C(O)C32)c1. The minimum absolute atomic E-state index is 0.0938. The molecule has 11 heteroatoms. The molecule has 6 unspecified atom stereocenters. The number of carbonyl (C=O) groups excluding carboxylic acids is 4. The fourth-order valence-corrected chi connectivity index (χ4v) is 6.81. The summed E-state index contributed by atoms with van der Waals surface area (Å²) in [5.41, 5.74) is 2.30. The first-order valence-corrected chi connectivity index (χ1v) is 13.0. The van der Waals surface area contributed by atoms with Gasteiger partial charge < -0.3 is 31.3 Å². The number of nitrogens with zero attached hydrogens (tertiary/aromatic N) is 1. The van der Waals surface area contributed by atoms with Crippen molar-refractivity contribution in [2.45, 2.75) is 37.0 Å². The monoisotopic (exact) mass is 562 g/mol. The molecular weight excluding hydrogens is 532 g/mol. The van der Waals surface area contributed by atoms with E-state index in [0.717, 1.165) is 0 Å². The predicted molar refractivity (Wildman–Crippen MR) is 145 cm³/mol. The molecule has 1 amide bonds. The highest BCUT2D eigenvalue weighted by Gasteiger charge is 2.68. The van der Waals surface area contributed by atoms with Gasteiger partial charge in [-0.3, -0.25) is 24.1 Å².